The molecular formula is C14H12N4OS2. The van der Waals surface area contributed by atoms with E-state index in [9.17, 15) is 0 Å². The molecule has 106 valence electrons. The summed E-state index contributed by atoms with van der Waals surface area (Å²) >= 11 is 6.81. The molecule has 0 amide bonds. The molecule has 0 bridgehead atoms. The molecule has 2 heterocycles. The van der Waals surface area contributed by atoms with Crippen LogP contribution < -0.4 is 4.74 Å². The largest absolute Gasteiger partial charge is 0.497 e. The normalized spacial score (nSPS) is 11.1. The maximum Gasteiger partial charge on any atom is 0.216 e. The third kappa shape index (κ3) is 2.93. The average Bonchev–Trinajstić information content (AvgIpc) is 3.15. The number of H-pyrrole nitrogens is 1. The highest BCUT2D eigenvalue weighted by molar-refractivity contribution is 7.71. The van der Waals surface area contributed by atoms with E-state index >= 15 is 0 Å². The lowest BCUT2D eigenvalue weighted by atomic mass is 10.2. The second-order valence-corrected chi connectivity index (χ2v) is 5.49. The number of nitrogens with one attached hydrogen (secondary N) is 1. The third-order valence-electron chi connectivity index (χ3n) is 2.83. The summed E-state index contributed by atoms with van der Waals surface area (Å²) in [6, 6.07) is 11.6. The Morgan fingerprint density at radius 1 is 1.33 bits per heavy atom. The predicted molar refractivity (Wildman–Crippen MR) is 86.7 cm³/mol. The van der Waals surface area contributed by atoms with Gasteiger partial charge >= 0.3 is 0 Å². The molecular weight excluding hydrogens is 304 g/mol. The lowest BCUT2D eigenvalue weighted by molar-refractivity contribution is 0.415. The van der Waals surface area contributed by atoms with Gasteiger partial charge < -0.3 is 4.74 Å². The number of hydrogen-bond acceptors (Lipinski definition) is 5. The van der Waals surface area contributed by atoms with Gasteiger partial charge in [0.1, 0.15) is 5.75 Å². The SMILES string of the molecule is COc1ccc(C=Nn2c(-c3cccs3)n[nH]c2=S)cc1. The van der Waals surface area contributed by atoms with E-state index in [0.717, 1.165) is 16.2 Å². The van der Waals surface area contributed by atoms with E-state index in [4.69, 9.17) is 17.0 Å². The minimum atomic E-state index is 0.461. The Bertz CT molecular complexity index is 800. The first kappa shape index (κ1) is 13.7. The summed E-state index contributed by atoms with van der Waals surface area (Å²) in [6.07, 6.45) is 1.74. The topological polar surface area (TPSA) is 55.2 Å². The van der Waals surface area contributed by atoms with E-state index in [1.165, 1.54) is 0 Å². The van der Waals surface area contributed by atoms with Crippen molar-refractivity contribution in [3.05, 3.63) is 52.1 Å². The lowest BCUT2D eigenvalue weighted by Crippen LogP contribution is -1.94. The summed E-state index contributed by atoms with van der Waals surface area (Å²) in [5.74, 6) is 1.52. The molecule has 7 heteroatoms. The number of nitrogens with zero attached hydrogens (tertiary/aromatic N) is 3. The van der Waals surface area contributed by atoms with E-state index in [0.29, 0.717) is 10.6 Å². The van der Waals surface area contributed by atoms with E-state index < -0.39 is 0 Å². The maximum atomic E-state index is 5.22. The molecule has 0 unspecified atom stereocenters. The van der Waals surface area contributed by atoms with Crippen LogP contribution in [0.1, 0.15) is 5.56 Å². The molecule has 0 fully saturated rings. The van der Waals surface area contributed by atoms with Crippen LogP contribution in [0.15, 0.2) is 46.9 Å². The van der Waals surface area contributed by atoms with Crippen molar-refractivity contribution in [2.75, 3.05) is 7.11 Å². The zero-order chi connectivity index (χ0) is 14.7. The second-order valence-electron chi connectivity index (χ2n) is 4.16. The number of benzene rings is 1. The zero-order valence-corrected chi connectivity index (χ0v) is 12.8. The standard InChI is InChI=1S/C14H12N4OS2/c1-19-11-6-4-10(5-7-11)9-15-18-13(16-17-14(18)20)12-3-2-8-21-12/h2-9H,1H3,(H,17,20). The molecule has 0 saturated heterocycles. The molecule has 0 aliphatic carbocycles. The number of ether oxygens (including phenoxy) is 1. The number of methoxy groups -OCH3 is 1. The fourth-order valence-corrected chi connectivity index (χ4v) is 2.66. The van der Waals surface area contributed by atoms with Crippen LogP contribution in [0.25, 0.3) is 10.7 Å². The Balaban J connectivity index is 1.92. The number of aromatic amines is 1. The highest BCUT2D eigenvalue weighted by Crippen LogP contribution is 2.22. The summed E-state index contributed by atoms with van der Waals surface area (Å²) in [4.78, 5) is 1.01. The van der Waals surface area contributed by atoms with Gasteiger partial charge in [-0.15, -0.1) is 11.3 Å². The van der Waals surface area contributed by atoms with Crippen molar-refractivity contribution in [1.29, 1.82) is 0 Å². The van der Waals surface area contributed by atoms with Gasteiger partial charge in [-0.1, -0.05) is 6.07 Å². The van der Waals surface area contributed by atoms with Crippen molar-refractivity contribution in [2.45, 2.75) is 0 Å². The Hall–Kier alpha value is -2.25. The summed E-state index contributed by atoms with van der Waals surface area (Å²) < 4.78 is 7.20. The van der Waals surface area contributed by atoms with E-state index in [-0.39, 0.29) is 0 Å². The van der Waals surface area contributed by atoms with Gasteiger partial charge in [0.2, 0.25) is 4.77 Å². The van der Waals surface area contributed by atoms with Crippen LogP contribution in [-0.2, 0) is 0 Å². The summed E-state index contributed by atoms with van der Waals surface area (Å²) in [6.45, 7) is 0. The first-order chi connectivity index (χ1) is 10.3. The monoisotopic (exact) mass is 316 g/mol. The molecule has 5 nitrogen and oxygen atoms in total. The molecule has 0 spiro atoms. The Labute approximate surface area is 130 Å². The first-order valence-electron chi connectivity index (χ1n) is 6.17. The second kappa shape index (κ2) is 6.02. The van der Waals surface area contributed by atoms with Gasteiger partial charge in [-0.3, -0.25) is 0 Å². The van der Waals surface area contributed by atoms with Crippen molar-refractivity contribution in [2.24, 2.45) is 5.10 Å². The number of thiophene rings is 1. The summed E-state index contributed by atoms with van der Waals surface area (Å²) in [7, 11) is 1.64. The van der Waals surface area contributed by atoms with Crippen LogP contribution >= 0.6 is 23.6 Å². The van der Waals surface area contributed by atoms with Crippen LogP contribution in [0.4, 0.5) is 0 Å². The van der Waals surface area contributed by atoms with E-state index in [1.54, 1.807) is 29.3 Å². The van der Waals surface area contributed by atoms with Gasteiger partial charge in [-0.25, -0.2) is 5.10 Å². The van der Waals surface area contributed by atoms with Gasteiger partial charge in [0.05, 0.1) is 18.2 Å². The van der Waals surface area contributed by atoms with Crippen LogP contribution in [0.2, 0.25) is 0 Å². The minimum Gasteiger partial charge on any atom is -0.497 e. The molecule has 0 saturated carbocycles. The Morgan fingerprint density at radius 2 is 2.14 bits per heavy atom. The molecule has 3 aromatic rings. The molecule has 21 heavy (non-hydrogen) atoms. The van der Waals surface area contributed by atoms with Crippen molar-refractivity contribution in [3.63, 3.8) is 0 Å². The molecule has 3 rings (SSSR count). The number of rotatable bonds is 4. The van der Waals surface area contributed by atoms with Crippen LogP contribution in [0.5, 0.6) is 5.75 Å². The van der Waals surface area contributed by atoms with Gasteiger partial charge in [0, 0.05) is 0 Å². The summed E-state index contributed by atoms with van der Waals surface area (Å²) in [5, 5.41) is 13.4. The third-order valence-corrected chi connectivity index (χ3v) is 3.96. The zero-order valence-electron chi connectivity index (χ0n) is 11.2. The molecule has 0 radical (unpaired) electrons. The minimum absolute atomic E-state index is 0.461. The Morgan fingerprint density at radius 3 is 2.81 bits per heavy atom. The fourth-order valence-electron chi connectivity index (χ4n) is 1.78. The quantitative estimate of drug-likeness (QED) is 0.591. The predicted octanol–water partition coefficient (Wildman–Crippen LogP) is 3.56. The van der Waals surface area contributed by atoms with Crippen molar-refractivity contribution >= 4 is 29.8 Å². The van der Waals surface area contributed by atoms with Crippen molar-refractivity contribution in [3.8, 4) is 16.5 Å². The van der Waals surface area contributed by atoms with Crippen LogP contribution in [-0.4, -0.2) is 28.2 Å². The fraction of sp³-hybridized carbons (Fsp3) is 0.0714. The number of aromatic nitrogens is 3. The van der Waals surface area contributed by atoms with E-state index in [1.807, 2.05) is 41.8 Å². The average molecular weight is 316 g/mol. The molecule has 0 atom stereocenters. The highest BCUT2D eigenvalue weighted by Gasteiger charge is 2.08. The molecule has 1 aromatic carbocycles. The summed E-state index contributed by atoms with van der Waals surface area (Å²) in [5.41, 5.74) is 0.955. The van der Waals surface area contributed by atoms with Crippen LogP contribution in [0.3, 0.4) is 0 Å². The van der Waals surface area contributed by atoms with Crippen LogP contribution in [0, 0.1) is 4.77 Å². The smallest absolute Gasteiger partial charge is 0.216 e. The lowest BCUT2D eigenvalue weighted by Gasteiger charge is -2.00. The van der Waals surface area contributed by atoms with E-state index in [2.05, 4.69) is 15.3 Å². The number of hydrogen-bond donors (Lipinski definition) is 1. The highest BCUT2D eigenvalue weighted by atomic mass is 32.1. The van der Waals surface area contributed by atoms with Gasteiger partial charge in [0.25, 0.3) is 0 Å². The molecule has 0 aliphatic heterocycles. The molecule has 1 N–H and O–H groups in total. The maximum absolute atomic E-state index is 5.22. The molecule has 2 aromatic heterocycles. The van der Waals surface area contributed by atoms with Gasteiger partial charge in [-0.05, 0) is 53.5 Å². The van der Waals surface area contributed by atoms with Crippen molar-refractivity contribution in [1.82, 2.24) is 14.9 Å². The first-order valence-corrected chi connectivity index (χ1v) is 7.46. The van der Waals surface area contributed by atoms with Gasteiger partial charge in [0.15, 0.2) is 5.82 Å². The Kier molecular flexibility index (Phi) is 3.94. The van der Waals surface area contributed by atoms with Crippen molar-refractivity contribution < 1.29 is 4.74 Å². The molecule has 0 aliphatic rings. The van der Waals surface area contributed by atoms with Gasteiger partial charge in [-0.2, -0.15) is 14.9 Å².